The molecule has 0 aliphatic carbocycles. The summed E-state index contributed by atoms with van der Waals surface area (Å²) in [6.45, 7) is -0.109. The van der Waals surface area contributed by atoms with Crippen molar-refractivity contribution < 1.29 is 76.9 Å². The van der Waals surface area contributed by atoms with Crippen LogP contribution in [0.4, 0.5) is 0 Å². The molecule has 18 heavy (non-hydrogen) atoms. The molecule has 0 bridgehead atoms. The molecule has 1 radical (unpaired) electrons. The molecule has 0 aromatic carbocycles. The largest absolute Gasteiger partial charge is 1.00 e. The van der Waals surface area contributed by atoms with E-state index in [1.165, 1.54) is 4.68 Å². The fraction of sp³-hybridized carbons (Fsp3) is 0.111. The molecule has 9 heteroatoms. The average Bonchev–Trinajstić information content (AvgIpc) is 2.97. The first-order valence-electron chi connectivity index (χ1n) is 4.56. The van der Waals surface area contributed by atoms with Gasteiger partial charge in [-0.25, -0.2) is 0 Å². The summed E-state index contributed by atoms with van der Waals surface area (Å²) in [5, 5.41) is 21.3. The molecular weight excluding hydrogens is 433 g/mol. The predicted molar refractivity (Wildman–Crippen MR) is 52.5 cm³/mol. The summed E-state index contributed by atoms with van der Waals surface area (Å²) >= 11 is 0. The van der Waals surface area contributed by atoms with Crippen LogP contribution in [0, 0.1) is 6.33 Å². The van der Waals surface area contributed by atoms with Gasteiger partial charge in [0.1, 0.15) is 0 Å². The Bertz CT molecular complexity index is 639. The number of fused-ring (bicyclic) bond motifs is 1. The van der Waals surface area contributed by atoms with E-state index >= 15 is 0 Å². The normalized spacial score (nSPS) is 9.83. The Labute approximate surface area is 158 Å². The topological polar surface area (TPSA) is 90.8 Å². The minimum atomic E-state index is -0.109. The molecular formula is C9H6KN6ORe-. The van der Waals surface area contributed by atoms with Gasteiger partial charge >= 0.3 is 51.4 Å². The number of hydrogen-bond acceptors (Lipinski definition) is 5. The van der Waals surface area contributed by atoms with E-state index in [2.05, 4.69) is 31.6 Å². The zero-order valence-electron chi connectivity index (χ0n) is 9.45. The summed E-state index contributed by atoms with van der Waals surface area (Å²) < 4.78 is 1.54. The number of nitrogens with zero attached hydrogens (tertiary/aromatic N) is 6. The molecule has 0 atom stereocenters. The Morgan fingerprint density at radius 2 is 2.22 bits per heavy atom. The smallest absolute Gasteiger partial charge is 0.553 e. The van der Waals surface area contributed by atoms with Crippen molar-refractivity contribution in [2.45, 2.75) is 6.61 Å². The first kappa shape index (κ1) is 16.1. The maximum absolute atomic E-state index is 8.93. The molecule has 3 rings (SSSR count). The van der Waals surface area contributed by atoms with Gasteiger partial charge in [-0.1, -0.05) is 5.39 Å². The summed E-state index contributed by atoms with van der Waals surface area (Å²) in [6.07, 6.45) is 5.76. The number of rotatable bonds is 2. The fourth-order valence-corrected chi connectivity index (χ4v) is 1.41. The van der Waals surface area contributed by atoms with Crippen LogP contribution in [-0.2, 0) is 27.0 Å². The molecule has 0 aliphatic rings. The Morgan fingerprint density at radius 3 is 2.94 bits per heavy atom. The van der Waals surface area contributed by atoms with Gasteiger partial charge in [-0.05, 0) is 6.07 Å². The van der Waals surface area contributed by atoms with Crippen molar-refractivity contribution in [2.24, 2.45) is 0 Å². The zero-order valence-corrected chi connectivity index (χ0v) is 15.3. The average molecular weight is 439 g/mol. The third-order valence-corrected chi connectivity index (χ3v) is 2.16. The molecule has 1 N–H and O–H groups in total. The molecule has 0 amide bonds. The Morgan fingerprint density at radius 1 is 1.39 bits per heavy atom. The first-order chi connectivity index (χ1) is 7.88. The van der Waals surface area contributed by atoms with Gasteiger partial charge in [0.25, 0.3) is 0 Å². The summed E-state index contributed by atoms with van der Waals surface area (Å²) in [5.41, 5.74) is 1.05. The van der Waals surface area contributed by atoms with Crippen LogP contribution >= 0.6 is 0 Å². The first-order valence-corrected chi connectivity index (χ1v) is 4.56. The van der Waals surface area contributed by atoms with Crippen LogP contribution in [0.3, 0.4) is 0 Å². The minimum Gasteiger partial charge on any atom is -0.553 e. The number of aliphatic hydroxyl groups excluding tert-OH is 1. The maximum atomic E-state index is 8.93. The van der Waals surface area contributed by atoms with Crippen molar-refractivity contribution in [2.75, 3.05) is 0 Å². The fourth-order valence-electron chi connectivity index (χ4n) is 1.41. The Hall–Kier alpha value is 0.0187. The van der Waals surface area contributed by atoms with Gasteiger partial charge in [0, 0.05) is 38.6 Å². The zero-order chi connectivity index (χ0) is 11.0. The molecule has 3 aromatic heterocycles. The minimum absolute atomic E-state index is 0. The molecule has 0 unspecified atom stereocenters. The second-order valence-corrected chi connectivity index (χ2v) is 3.14. The monoisotopic (exact) mass is 440 g/mol. The maximum Gasteiger partial charge on any atom is 1.00 e. The second kappa shape index (κ2) is 6.98. The summed E-state index contributed by atoms with van der Waals surface area (Å²) in [4.78, 5) is 7.85. The quantitative estimate of drug-likeness (QED) is 0.329. The summed E-state index contributed by atoms with van der Waals surface area (Å²) in [5.74, 6) is 0.551. The van der Waals surface area contributed by atoms with Crippen molar-refractivity contribution in [1.29, 1.82) is 0 Å². The Kier molecular flexibility index (Phi) is 6.23. The predicted octanol–water partition coefficient (Wildman–Crippen LogP) is -3.54. The van der Waals surface area contributed by atoms with Crippen molar-refractivity contribution in [3.8, 4) is 5.82 Å². The van der Waals surface area contributed by atoms with Crippen LogP contribution in [0.25, 0.3) is 16.9 Å². The third kappa shape index (κ3) is 2.95. The number of aromatic nitrogens is 6. The Balaban J connectivity index is 0.000000810. The molecule has 0 spiro atoms. The van der Waals surface area contributed by atoms with E-state index in [4.69, 9.17) is 5.11 Å². The van der Waals surface area contributed by atoms with E-state index in [0.29, 0.717) is 22.5 Å². The second-order valence-electron chi connectivity index (χ2n) is 3.14. The van der Waals surface area contributed by atoms with E-state index < -0.39 is 0 Å². The van der Waals surface area contributed by atoms with Gasteiger partial charge in [-0.2, -0.15) is 5.10 Å². The summed E-state index contributed by atoms with van der Waals surface area (Å²) in [7, 11) is 0. The van der Waals surface area contributed by atoms with Crippen LogP contribution in [0.15, 0.2) is 18.5 Å². The van der Waals surface area contributed by atoms with Gasteiger partial charge < -0.3 is 20.2 Å². The van der Waals surface area contributed by atoms with Crippen LogP contribution in [0.2, 0.25) is 0 Å². The van der Waals surface area contributed by atoms with E-state index in [9.17, 15) is 0 Å². The standard InChI is InChI=1S/C9H6N6O.K.Re/c16-4-6-1-2-15(14-6)9-7-3-12-13-8(7)10-5-11-9;;/h1-3,16H,4H2;;/q-2;+1;. The molecule has 0 saturated carbocycles. The van der Waals surface area contributed by atoms with Gasteiger partial charge in [-0.3, -0.25) is 9.78 Å². The van der Waals surface area contributed by atoms with Crippen LogP contribution in [-0.4, -0.2) is 30.0 Å². The SMILES string of the molecule is OCc1ccn(-c2n[c-]nc3[n-]ncc23)n1.[K+].[Re]. The van der Waals surface area contributed by atoms with Crippen LogP contribution < -0.4 is 56.5 Å². The van der Waals surface area contributed by atoms with Crippen LogP contribution in [0.1, 0.15) is 5.69 Å². The number of aliphatic hydroxyl groups is 1. The van der Waals surface area contributed by atoms with Crippen molar-refractivity contribution in [3.05, 3.63) is 30.5 Å². The molecule has 3 heterocycles. The van der Waals surface area contributed by atoms with Gasteiger partial charge in [-0.15, -0.1) is 12.0 Å². The molecule has 87 valence electrons. The van der Waals surface area contributed by atoms with Gasteiger partial charge in [0.05, 0.1) is 12.3 Å². The third-order valence-electron chi connectivity index (χ3n) is 2.16. The molecule has 0 fully saturated rings. The van der Waals surface area contributed by atoms with Crippen molar-refractivity contribution >= 4 is 11.0 Å². The number of hydrogen-bond donors (Lipinski definition) is 1. The molecule has 0 aliphatic heterocycles. The van der Waals surface area contributed by atoms with E-state index in [1.807, 2.05) is 0 Å². The molecule has 3 aromatic rings. The van der Waals surface area contributed by atoms with E-state index in [0.717, 1.165) is 0 Å². The van der Waals surface area contributed by atoms with Crippen LogP contribution in [0.5, 0.6) is 0 Å². The molecule has 0 saturated heterocycles. The van der Waals surface area contributed by atoms with E-state index in [1.54, 1.807) is 18.5 Å². The van der Waals surface area contributed by atoms with Crippen molar-refractivity contribution in [1.82, 2.24) is 29.9 Å². The molecule has 7 nitrogen and oxygen atoms in total. The summed E-state index contributed by atoms with van der Waals surface area (Å²) in [6, 6.07) is 1.71. The van der Waals surface area contributed by atoms with Gasteiger partial charge in [0.2, 0.25) is 0 Å². The van der Waals surface area contributed by atoms with Gasteiger partial charge in [0.15, 0.2) is 0 Å². The van der Waals surface area contributed by atoms with E-state index in [-0.39, 0.29) is 78.4 Å². The van der Waals surface area contributed by atoms with Crippen molar-refractivity contribution in [3.63, 3.8) is 0 Å².